The third-order valence-corrected chi connectivity index (χ3v) is 4.27. The Morgan fingerprint density at radius 2 is 2.12 bits per heavy atom. The molecule has 3 heteroatoms. The molecular weight excluding hydrogens is 214 g/mol. The Balaban J connectivity index is 2.02. The summed E-state index contributed by atoms with van der Waals surface area (Å²) in [5.74, 6) is 0.375. The van der Waals surface area contributed by atoms with Crippen LogP contribution in [0.5, 0.6) is 0 Å². The second-order valence-corrected chi connectivity index (χ2v) is 5.46. The number of carbonyl (C=O) groups excluding carboxylic acids is 1. The molecule has 2 atom stereocenters. The van der Waals surface area contributed by atoms with Gasteiger partial charge in [0.25, 0.3) is 0 Å². The van der Waals surface area contributed by atoms with Crippen molar-refractivity contribution in [3.63, 3.8) is 0 Å². The van der Waals surface area contributed by atoms with Crippen LogP contribution in [0.4, 0.5) is 0 Å². The monoisotopic (exact) mass is 237 g/mol. The lowest BCUT2D eigenvalue weighted by atomic mass is 9.71. The average Bonchev–Trinajstić information content (AvgIpc) is 2.39. The van der Waals surface area contributed by atoms with E-state index < -0.39 is 0 Å². The molecule has 1 amide bonds. The summed E-state index contributed by atoms with van der Waals surface area (Å²) in [7, 11) is 0. The maximum atomic E-state index is 12.4. The van der Waals surface area contributed by atoms with E-state index in [1.54, 1.807) is 0 Å². The molecular formula is C14H23NO2. The van der Waals surface area contributed by atoms with Crippen LogP contribution in [-0.4, -0.2) is 37.1 Å². The van der Waals surface area contributed by atoms with Crippen molar-refractivity contribution in [2.24, 2.45) is 11.3 Å². The highest BCUT2D eigenvalue weighted by atomic mass is 16.5. The molecule has 17 heavy (non-hydrogen) atoms. The minimum Gasteiger partial charge on any atom is -0.378 e. The van der Waals surface area contributed by atoms with Gasteiger partial charge in [-0.25, -0.2) is 0 Å². The molecule has 0 aromatic heterocycles. The molecule has 1 fully saturated rings. The van der Waals surface area contributed by atoms with Gasteiger partial charge in [-0.15, -0.1) is 0 Å². The molecule has 1 saturated heterocycles. The Kier molecular flexibility index (Phi) is 3.87. The zero-order chi connectivity index (χ0) is 12.3. The number of amides is 1. The van der Waals surface area contributed by atoms with Crippen LogP contribution < -0.4 is 0 Å². The SMILES string of the molecule is C[C@@H](C(=O)N1CCOCC1)[C@@]1(C)C=CCCC1. The van der Waals surface area contributed by atoms with Gasteiger partial charge in [-0.3, -0.25) is 4.79 Å². The molecule has 1 aliphatic carbocycles. The number of rotatable bonds is 2. The van der Waals surface area contributed by atoms with E-state index in [2.05, 4.69) is 26.0 Å². The summed E-state index contributed by atoms with van der Waals surface area (Å²) in [4.78, 5) is 14.4. The number of allylic oxidation sites excluding steroid dienone is 2. The summed E-state index contributed by atoms with van der Waals surface area (Å²) in [6.07, 6.45) is 7.97. The van der Waals surface area contributed by atoms with Gasteiger partial charge in [0.15, 0.2) is 0 Å². The quantitative estimate of drug-likeness (QED) is 0.689. The lowest BCUT2D eigenvalue weighted by Crippen LogP contribution is -2.46. The van der Waals surface area contributed by atoms with Crippen molar-refractivity contribution in [1.29, 1.82) is 0 Å². The second kappa shape index (κ2) is 5.21. The van der Waals surface area contributed by atoms with Crippen molar-refractivity contribution in [3.8, 4) is 0 Å². The fourth-order valence-electron chi connectivity index (χ4n) is 2.74. The van der Waals surface area contributed by atoms with E-state index >= 15 is 0 Å². The van der Waals surface area contributed by atoms with Gasteiger partial charge in [0.1, 0.15) is 0 Å². The van der Waals surface area contributed by atoms with Crippen LogP contribution in [0.2, 0.25) is 0 Å². The number of nitrogens with zero attached hydrogens (tertiary/aromatic N) is 1. The first-order valence-electron chi connectivity index (χ1n) is 6.68. The van der Waals surface area contributed by atoms with Crippen LogP contribution in [0.15, 0.2) is 12.2 Å². The number of hydrogen-bond donors (Lipinski definition) is 0. The van der Waals surface area contributed by atoms with Crippen molar-refractivity contribution in [1.82, 2.24) is 4.90 Å². The minimum atomic E-state index is 0.0492. The van der Waals surface area contributed by atoms with Crippen LogP contribution in [0, 0.1) is 11.3 Å². The van der Waals surface area contributed by atoms with Gasteiger partial charge in [0.05, 0.1) is 13.2 Å². The smallest absolute Gasteiger partial charge is 0.226 e. The topological polar surface area (TPSA) is 29.5 Å². The van der Waals surface area contributed by atoms with Gasteiger partial charge in [-0.2, -0.15) is 0 Å². The molecule has 2 rings (SSSR count). The van der Waals surface area contributed by atoms with Crippen LogP contribution in [0.1, 0.15) is 33.1 Å². The third-order valence-electron chi connectivity index (χ3n) is 4.27. The number of hydrogen-bond acceptors (Lipinski definition) is 2. The Morgan fingerprint density at radius 1 is 1.41 bits per heavy atom. The van der Waals surface area contributed by atoms with E-state index in [1.165, 1.54) is 6.42 Å². The first kappa shape index (κ1) is 12.6. The minimum absolute atomic E-state index is 0.0492. The van der Waals surface area contributed by atoms with E-state index in [9.17, 15) is 4.79 Å². The average molecular weight is 237 g/mol. The zero-order valence-corrected chi connectivity index (χ0v) is 10.9. The van der Waals surface area contributed by atoms with Gasteiger partial charge in [-0.05, 0) is 24.7 Å². The van der Waals surface area contributed by atoms with Gasteiger partial charge in [-0.1, -0.05) is 26.0 Å². The first-order chi connectivity index (χ1) is 8.13. The van der Waals surface area contributed by atoms with Gasteiger partial charge in [0.2, 0.25) is 5.91 Å². The Labute approximate surface area is 104 Å². The summed E-state index contributed by atoms with van der Waals surface area (Å²) in [5.41, 5.74) is 0.0492. The van der Waals surface area contributed by atoms with E-state index in [-0.39, 0.29) is 11.3 Å². The molecule has 0 saturated carbocycles. The number of ether oxygens (including phenoxy) is 1. The fraction of sp³-hybridized carbons (Fsp3) is 0.786. The molecule has 0 aromatic rings. The van der Waals surface area contributed by atoms with Crippen molar-refractivity contribution in [3.05, 3.63) is 12.2 Å². The highest BCUT2D eigenvalue weighted by Crippen LogP contribution is 2.38. The molecule has 96 valence electrons. The van der Waals surface area contributed by atoms with Crippen molar-refractivity contribution >= 4 is 5.91 Å². The van der Waals surface area contributed by atoms with Crippen LogP contribution in [0.3, 0.4) is 0 Å². The first-order valence-corrected chi connectivity index (χ1v) is 6.68. The summed E-state index contributed by atoms with van der Waals surface area (Å²) in [6, 6.07) is 0. The largest absolute Gasteiger partial charge is 0.378 e. The van der Waals surface area contributed by atoms with E-state index in [1.807, 2.05) is 4.90 Å². The zero-order valence-electron chi connectivity index (χ0n) is 10.9. The van der Waals surface area contributed by atoms with E-state index in [0.29, 0.717) is 19.1 Å². The highest BCUT2D eigenvalue weighted by Gasteiger charge is 2.36. The molecule has 3 nitrogen and oxygen atoms in total. The highest BCUT2D eigenvalue weighted by molar-refractivity contribution is 5.79. The van der Waals surface area contributed by atoms with Gasteiger partial charge in [0, 0.05) is 19.0 Å². The standard InChI is InChI=1S/C14H23NO2/c1-12(14(2)6-4-3-5-7-14)13(16)15-8-10-17-11-9-15/h4,6,12H,3,5,7-11H2,1-2H3/t12-,14-/m0/s1. The molecule has 0 aromatic carbocycles. The predicted octanol–water partition coefficient (Wildman–Crippen LogP) is 2.23. The molecule has 0 spiro atoms. The second-order valence-electron chi connectivity index (χ2n) is 5.46. The molecule has 0 radical (unpaired) electrons. The Hall–Kier alpha value is -0.830. The lowest BCUT2D eigenvalue weighted by Gasteiger charge is -2.38. The summed E-state index contributed by atoms with van der Waals surface area (Å²) in [6.45, 7) is 7.17. The molecule has 1 heterocycles. The Morgan fingerprint density at radius 3 is 2.71 bits per heavy atom. The summed E-state index contributed by atoms with van der Waals surface area (Å²) >= 11 is 0. The molecule has 2 aliphatic rings. The number of morpholine rings is 1. The maximum Gasteiger partial charge on any atom is 0.226 e. The van der Waals surface area contributed by atoms with E-state index in [0.717, 1.165) is 25.9 Å². The fourth-order valence-corrected chi connectivity index (χ4v) is 2.74. The summed E-state index contributed by atoms with van der Waals surface area (Å²) in [5, 5.41) is 0. The van der Waals surface area contributed by atoms with Crippen molar-refractivity contribution in [2.45, 2.75) is 33.1 Å². The lowest BCUT2D eigenvalue weighted by molar-refractivity contribution is -0.142. The van der Waals surface area contributed by atoms with Crippen LogP contribution in [0.25, 0.3) is 0 Å². The van der Waals surface area contributed by atoms with Gasteiger partial charge >= 0.3 is 0 Å². The molecule has 0 bridgehead atoms. The predicted molar refractivity (Wildman–Crippen MR) is 67.7 cm³/mol. The number of carbonyl (C=O) groups is 1. The van der Waals surface area contributed by atoms with E-state index in [4.69, 9.17) is 4.74 Å². The van der Waals surface area contributed by atoms with Crippen molar-refractivity contribution in [2.75, 3.05) is 26.3 Å². The van der Waals surface area contributed by atoms with Crippen LogP contribution >= 0.6 is 0 Å². The maximum absolute atomic E-state index is 12.4. The van der Waals surface area contributed by atoms with Crippen LogP contribution in [-0.2, 0) is 9.53 Å². The molecule has 0 unspecified atom stereocenters. The summed E-state index contributed by atoms with van der Waals surface area (Å²) < 4.78 is 5.29. The van der Waals surface area contributed by atoms with Gasteiger partial charge < -0.3 is 9.64 Å². The normalized spacial score (nSPS) is 31.3. The Bertz CT molecular complexity index is 307. The molecule has 1 aliphatic heterocycles. The molecule has 0 N–H and O–H groups in total. The van der Waals surface area contributed by atoms with Crippen molar-refractivity contribution < 1.29 is 9.53 Å². The third kappa shape index (κ3) is 2.71.